The highest BCUT2D eigenvalue weighted by atomic mass is 31.2. The summed E-state index contributed by atoms with van der Waals surface area (Å²) >= 11 is 0. The lowest BCUT2D eigenvalue weighted by Gasteiger charge is -2.43. The van der Waals surface area contributed by atoms with Crippen LogP contribution >= 0.6 is 7.14 Å². The Morgan fingerprint density at radius 1 is 0.441 bits per heavy atom. The van der Waals surface area contributed by atoms with E-state index in [9.17, 15) is 83.6 Å². The maximum absolute atomic E-state index is 14.3. The van der Waals surface area contributed by atoms with Crippen molar-refractivity contribution < 1.29 is 83.6 Å². The molecule has 0 saturated heterocycles. The van der Waals surface area contributed by atoms with Gasteiger partial charge in [0.05, 0.1) is 0 Å². The first kappa shape index (κ1) is 30.2. The number of hydrogen-bond acceptors (Lipinski definition) is 1. The zero-order valence-electron chi connectivity index (χ0n) is 15.0. The van der Waals surface area contributed by atoms with E-state index in [-0.39, 0.29) is 12.1 Å². The second-order valence-corrected chi connectivity index (χ2v) is 9.18. The smallest absolute Gasteiger partial charge is 0.305 e. The van der Waals surface area contributed by atoms with E-state index >= 15 is 0 Å². The Hall–Kier alpha value is -1.81. The minimum atomic E-state index is -9.18. The van der Waals surface area contributed by atoms with Crippen molar-refractivity contribution in [3.63, 3.8) is 0 Å². The molecule has 0 aliphatic heterocycles. The second-order valence-electron chi connectivity index (χ2n) is 6.32. The van der Waals surface area contributed by atoms with Gasteiger partial charge >= 0.3 is 47.4 Å². The van der Waals surface area contributed by atoms with E-state index in [0.717, 1.165) is 0 Å². The molecule has 1 rings (SSSR count). The summed E-state index contributed by atoms with van der Waals surface area (Å²) in [6, 6.07) is -0.393. The average molecular weight is 562 g/mol. The molecule has 0 fully saturated rings. The maximum Gasteiger partial charge on any atom is 0.460 e. The molecule has 0 amide bonds. The molecule has 20 heteroatoms. The van der Waals surface area contributed by atoms with Crippen LogP contribution in [0.25, 0.3) is 0 Å². The first-order chi connectivity index (χ1) is 14.6. The number of benzene rings is 1. The van der Waals surface area contributed by atoms with Crippen molar-refractivity contribution in [2.24, 2.45) is 0 Å². The molecular formula is C14H5F18OP. The van der Waals surface area contributed by atoms with Crippen LogP contribution in [0.1, 0.15) is 0 Å². The van der Waals surface area contributed by atoms with Gasteiger partial charge in [-0.05, 0) is 0 Å². The van der Waals surface area contributed by atoms with Gasteiger partial charge in [0.2, 0.25) is 0 Å². The molecule has 198 valence electrons. The Labute approximate surface area is 175 Å². The normalized spacial score (nSPS) is 16.1. The summed E-state index contributed by atoms with van der Waals surface area (Å²) in [5, 5.41) is -2.85. The summed E-state index contributed by atoms with van der Waals surface area (Å²) in [5.41, 5.74) is -16.4. The average Bonchev–Trinajstić information content (AvgIpc) is 2.65. The molecule has 1 nitrogen and oxygen atoms in total. The third-order valence-electron chi connectivity index (χ3n) is 4.17. The molecule has 0 bridgehead atoms. The van der Waals surface area contributed by atoms with Gasteiger partial charge in [-0.15, -0.1) is 0 Å². The molecule has 0 aliphatic carbocycles. The van der Waals surface area contributed by atoms with Gasteiger partial charge in [-0.1, -0.05) is 30.3 Å². The summed E-state index contributed by atoms with van der Waals surface area (Å²) in [7, 11) is -9.18. The van der Waals surface area contributed by atoms with E-state index in [2.05, 4.69) is 0 Å². The zero-order chi connectivity index (χ0) is 27.6. The van der Waals surface area contributed by atoms with Gasteiger partial charge < -0.3 is 4.57 Å². The summed E-state index contributed by atoms with van der Waals surface area (Å²) in [5.74, 6) is -33.0. The van der Waals surface area contributed by atoms with Gasteiger partial charge in [-0.3, -0.25) is 0 Å². The van der Waals surface area contributed by atoms with Gasteiger partial charge in [-0.25, -0.2) is 0 Å². The standard InChI is InChI=1S/C14H5F18OP/c15-7(16,11(23,24)25)9(19,20)13(29,30)34(33,6-4-2-1-3-5-6)14(31,32)10(21,22)8(17,18)12(26,27)28/h1-5H. The molecule has 0 aromatic heterocycles. The molecule has 0 atom stereocenters. The fourth-order valence-corrected chi connectivity index (χ4v) is 4.93. The zero-order valence-corrected chi connectivity index (χ0v) is 15.9. The van der Waals surface area contributed by atoms with Crippen LogP contribution in [0.15, 0.2) is 30.3 Å². The van der Waals surface area contributed by atoms with Crippen LogP contribution in [-0.2, 0) is 4.57 Å². The van der Waals surface area contributed by atoms with Crippen molar-refractivity contribution in [1.29, 1.82) is 0 Å². The summed E-state index contributed by atoms with van der Waals surface area (Å²) in [6.45, 7) is 0. The van der Waals surface area contributed by atoms with Crippen LogP contribution in [0, 0.1) is 0 Å². The summed E-state index contributed by atoms with van der Waals surface area (Å²) < 4.78 is 251. The summed E-state index contributed by atoms with van der Waals surface area (Å²) in [4.78, 5) is 0. The van der Waals surface area contributed by atoms with Crippen LogP contribution in [0.4, 0.5) is 79.0 Å². The molecule has 0 saturated carbocycles. The summed E-state index contributed by atoms with van der Waals surface area (Å²) in [6.07, 6.45) is -15.5. The van der Waals surface area contributed by atoms with Gasteiger partial charge in [-0.2, -0.15) is 79.0 Å². The molecule has 1 aromatic rings. The van der Waals surface area contributed by atoms with Crippen LogP contribution in [0.2, 0.25) is 0 Å². The maximum atomic E-state index is 14.3. The predicted molar refractivity (Wildman–Crippen MR) is 75.5 cm³/mol. The van der Waals surface area contributed by atoms with Crippen LogP contribution in [-0.4, -0.2) is 47.4 Å². The highest BCUT2D eigenvalue weighted by Crippen LogP contribution is 2.79. The van der Waals surface area contributed by atoms with Crippen molar-refractivity contribution in [3.8, 4) is 0 Å². The van der Waals surface area contributed by atoms with Crippen molar-refractivity contribution in [3.05, 3.63) is 30.3 Å². The van der Waals surface area contributed by atoms with E-state index in [1.54, 1.807) is 0 Å². The van der Waals surface area contributed by atoms with E-state index in [1.165, 1.54) is 0 Å². The molecular weight excluding hydrogens is 557 g/mol. The fraction of sp³-hybridized carbons (Fsp3) is 0.571. The predicted octanol–water partition coefficient (Wildman–Crippen LogP) is 7.53. The van der Waals surface area contributed by atoms with Crippen molar-refractivity contribution in [2.45, 2.75) is 47.4 Å². The molecule has 0 unspecified atom stereocenters. The lowest BCUT2D eigenvalue weighted by atomic mass is 10.1. The van der Waals surface area contributed by atoms with Gasteiger partial charge in [0.15, 0.2) is 0 Å². The Morgan fingerprint density at radius 3 is 0.941 bits per heavy atom. The van der Waals surface area contributed by atoms with Crippen LogP contribution in [0.3, 0.4) is 0 Å². The first-order valence-electron chi connectivity index (χ1n) is 7.67. The largest absolute Gasteiger partial charge is 0.460 e. The van der Waals surface area contributed by atoms with Crippen molar-refractivity contribution >= 4 is 12.4 Å². The van der Waals surface area contributed by atoms with Crippen LogP contribution < -0.4 is 5.30 Å². The Bertz CT molecular complexity index is 874. The molecule has 0 N–H and O–H groups in total. The highest BCUT2D eigenvalue weighted by Gasteiger charge is 2.94. The molecule has 1 aromatic carbocycles. The Morgan fingerprint density at radius 2 is 0.706 bits per heavy atom. The SMILES string of the molecule is O=P(c1ccccc1)(C(F)(F)C(F)(F)C(F)(F)C(F)(F)F)C(F)(F)C(F)(F)C(F)(F)C(F)(F)F. The first-order valence-corrected chi connectivity index (χ1v) is 9.37. The molecule has 34 heavy (non-hydrogen) atoms. The number of rotatable bonds is 7. The van der Waals surface area contributed by atoms with E-state index in [1.807, 2.05) is 0 Å². The number of hydrogen-bond donors (Lipinski definition) is 0. The Balaban J connectivity index is 4.19. The third kappa shape index (κ3) is 3.63. The quantitative estimate of drug-likeness (QED) is 0.248. The second kappa shape index (κ2) is 7.85. The van der Waals surface area contributed by atoms with Crippen molar-refractivity contribution in [1.82, 2.24) is 0 Å². The highest BCUT2D eigenvalue weighted by molar-refractivity contribution is 7.74. The van der Waals surface area contributed by atoms with E-state index in [4.69, 9.17) is 0 Å². The van der Waals surface area contributed by atoms with E-state index < -0.39 is 71.9 Å². The van der Waals surface area contributed by atoms with Gasteiger partial charge in [0.1, 0.15) is 0 Å². The Kier molecular flexibility index (Phi) is 6.97. The molecule has 0 radical (unpaired) electrons. The van der Waals surface area contributed by atoms with E-state index in [0.29, 0.717) is 6.07 Å². The third-order valence-corrected chi connectivity index (χ3v) is 7.34. The number of halogens is 18. The van der Waals surface area contributed by atoms with Gasteiger partial charge in [0, 0.05) is 5.30 Å². The topological polar surface area (TPSA) is 17.1 Å². The molecule has 0 heterocycles. The van der Waals surface area contributed by atoms with Crippen LogP contribution in [0.5, 0.6) is 0 Å². The lowest BCUT2D eigenvalue weighted by molar-refractivity contribution is -0.390. The molecule has 0 spiro atoms. The monoisotopic (exact) mass is 562 g/mol. The van der Waals surface area contributed by atoms with Gasteiger partial charge in [0.25, 0.3) is 7.14 Å². The minimum absolute atomic E-state index is 0.0915. The molecule has 0 aliphatic rings. The van der Waals surface area contributed by atoms with Crippen molar-refractivity contribution in [2.75, 3.05) is 0 Å². The fourth-order valence-electron chi connectivity index (χ4n) is 2.27. The lowest BCUT2D eigenvalue weighted by Crippen LogP contribution is -2.66. The minimum Gasteiger partial charge on any atom is -0.305 e. The number of alkyl halides is 18.